The molecule has 14 heavy (non-hydrogen) atoms. The minimum atomic E-state index is -0.238. The number of furan rings is 1. The molecule has 0 saturated carbocycles. The van der Waals surface area contributed by atoms with Crippen LogP contribution in [0, 0.1) is 5.92 Å². The second-order valence-corrected chi connectivity index (χ2v) is 3.53. The Labute approximate surface area is 82.9 Å². The Kier molecular flexibility index (Phi) is 3.71. The molecule has 0 unspecified atom stereocenters. The zero-order valence-electron chi connectivity index (χ0n) is 8.41. The first-order valence-electron chi connectivity index (χ1n) is 4.61. The third kappa shape index (κ3) is 2.88. The van der Waals surface area contributed by atoms with Gasteiger partial charge in [-0.15, -0.1) is 0 Å². The molecule has 1 aromatic heterocycles. The average Bonchev–Trinajstić information content (AvgIpc) is 2.62. The van der Waals surface area contributed by atoms with Crippen molar-refractivity contribution in [2.24, 2.45) is 5.92 Å². The molecule has 0 spiro atoms. The first-order chi connectivity index (χ1) is 6.63. The fourth-order valence-electron chi connectivity index (χ4n) is 0.969. The van der Waals surface area contributed by atoms with Crippen LogP contribution >= 0.6 is 0 Å². The second-order valence-electron chi connectivity index (χ2n) is 3.53. The van der Waals surface area contributed by atoms with Crippen molar-refractivity contribution in [3.8, 4) is 0 Å². The van der Waals surface area contributed by atoms with Crippen molar-refractivity contribution in [3.63, 3.8) is 0 Å². The van der Waals surface area contributed by atoms with Crippen molar-refractivity contribution < 1.29 is 14.3 Å². The molecule has 0 atom stereocenters. The molecule has 0 fully saturated rings. The van der Waals surface area contributed by atoms with Gasteiger partial charge < -0.3 is 14.8 Å². The summed E-state index contributed by atoms with van der Waals surface area (Å²) in [6, 6.07) is 3.14. The Morgan fingerprint density at radius 1 is 1.57 bits per heavy atom. The van der Waals surface area contributed by atoms with E-state index in [4.69, 9.17) is 9.52 Å². The van der Waals surface area contributed by atoms with Crippen LogP contribution < -0.4 is 5.32 Å². The SMILES string of the molecule is CC(C)CNC(=O)c1ccc(CO)o1. The average molecular weight is 197 g/mol. The molecule has 0 aliphatic carbocycles. The predicted octanol–water partition coefficient (Wildman–Crippen LogP) is 1.16. The van der Waals surface area contributed by atoms with Crippen LogP contribution in [0.4, 0.5) is 0 Å². The molecule has 0 radical (unpaired) electrons. The van der Waals surface area contributed by atoms with Gasteiger partial charge in [0.2, 0.25) is 0 Å². The predicted molar refractivity (Wildman–Crippen MR) is 51.8 cm³/mol. The Bertz CT molecular complexity index is 304. The van der Waals surface area contributed by atoms with E-state index in [1.165, 1.54) is 0 Å². The number of carbonyl (C=O) groups excluding carboxylic acids is 1. The monoisotopic (exact) mass is 197 g/mol. The Morgan fingerprint density at radius 2 is 2.29 bits per heavy atom. The maximum absolute atomic E-state index is 11.4. The summed E-state index contributed by atoms with van der Waals surface area (Å²) in [6.45, 7) is 4.47. The minimum absolute atomic E-state index is 0.183. The Balaban J connectivity index is 2.52. The van der Waals surface area contributed by atoms with Crippen molar-refractivity contribution >= 4 is 5.91 Å². The molecule has 1 rings (SSSR count). The fourth-order valence-corrected chi connectivity index (χ4v) is 0.969. The van der Waals surface area contributed by atoms with Crippen molar-refractivity contribution in [2.45, 2.75) is 20.5 Å². The summed E-state index contributed by atoms with van der Waals surface area (Å²) in [6.07, 6.45) is 0. The quantitative estimate of drug-likeness (QED) is 0.761. The molecule has 4 nitrogen and oxygen atoms in total. The van der Waals surface area contributed by atoms with Crippen LogP contribution in [0.3, 0.4) is 0 Å². The zero-order valence-corrected chi connectivity index (χ0v) is 8.41. The maximum Gasteiger partial charge on any atom is 0.287 e. The van der Waals surface area contributed by atoms with Gasteiger partial charge in [-0.3, -0.25) is 4.79 Å². The molecule has 0 bridgehead atoms. The van der Waals surface area contributed by atoms with E-state index in [2.05, 4.69) is 5.32 Å². The van der Waals surface area contributed by atoms with Gasteiger partial charge in [0.05, 0.1) is 0 Å². The minimum Gasteiger partial charge on any atom is -0.453 e. The molecule has 1 heterocycles. The zero-order chi connectivity index (χ0) is 10.6. The molecule has 0 saturated heterocycles. The van der Waals surface area contributed by atoms with Gasteiger partial charge in [-0.2, -0.15) is 0 Å². The molecule has 1 aromatic rings. The van der Waals surface area contributed by atoms with Crippen LogP contribution in [0.5, 0.6) is 0 Å². The molecule has 0 aliphatic rings. The molecule has 4 heteroatoms. The van der Waals surface area contributed by atoms with E-state index in [9.17, 15) is 4.79 Å². The van der Waals surface area contributed by atoms with Crippen LogP contribution in [0.2, 0.25) is 0 Å². The highest BCUT2D eigenvalue weighted by atomic mass is 16.4. The number of hydrogen-bond donors (Lipinski definition) is 2. The molecule has 0 aromatic carbocycles. The van der Waals surface area contributed by atoms with E-state index in [0.717, 1.165) is 0 Å². The largest absolute Gasteiger partial charge is 0.453 e. The third-order valence-electron chi connectivity index (χ3n) is 1.71. The molecule has 2 N–H and O–H groups in total. The lowest BCUT2D eigenvalue weighted by atomic mass is 10.2. The highest BCUT2D eigenvalue weighted by Crippen LogP contribution is 2.07. The van der Waals surface area contributed by atoms with Gasteiger partial charge >= 0.3 is 0 Å². The topological polar surface area (TPSA) is 62.5 Å². The lowest BCUT2D eigenvalue weighted by Crippen LogP contribution is -2.26. The number of rotatable bonds is 4. The van der Waals surface area contributed by atoms with Gasteiger partial charge in [-0.05, 0) is 18.1 Å². The summed E-state index contributed by atoms with van der Waals surface area (Å²) in [4.78, 5) is 11.4. The molecular weight excluding hydrogens is 182 g/mol. The van der Waals surface area contributed by atoms with Gasteiger partial charge in [-0.25, -0.2) is 0 Å². The van der Waals surface area contributed by atoms with Crippen LogP contribution in [-0.2, 0) is 6.61 Å². The van der Waals surface area contributed by atoms with Crippen LogP contribution in [0.25, 0.3) is 0 Å². The summed E-state index contributed by atoms with van der Waals surface area (Å²) in [5.74, 6) is 0.819. The summed E-state index contributed by atoms with van der Waals surface area (Å²) in [5.41, 5.74) is 0. The van der Waals surface area contributed by atoms with Crippen molar-refractivity contribution in [1.82, 2.24) is 5.32 Å². The first kappa shape index (κ1) is 10.8. The van der Waals surface area contributed by atoms with Crippen LogP contribution in [0.1, 0.15) is 30.2 Å². The summed E-state index contributed by atoms with van der Waals surface area (Å²) < 4.78 is 5.06. The van der Waals surface area contributed by atoms with E-state index in [0.29, 0.717) is 18.2 Å². The van der Waals surface area contributed by atoms with E-state index < -0.39 is 0 Å². The van der Waals surface area contributed by atoms with Gasteiger partial charge in [0.15, 0.2) is 5.76 Å². The van der Waals surface area contributed by atoms with Gasteiger partial charge in [0, 0.05) is 6.54 Å². The van der Waals surface area contributed by atoms with Crippen molar-refractivity contribution in [3.05, 3.63) is 23.7 Å². The fraction of sp³-hybridized carbons (Fsp3) is 0.500. The molecule has 0 aliphatic heterocycles. The lowest BCUT2D eigenvalue weighted by Gasteiger charge is -2.05. The number of hydrogen-bond acceptors (Lipinski definition) is 3. The Morgan fingerprint density at radius 3 is 2.79 bits per heavy atom. The number of aliphatic hydroxyl groups excluding tert-OH is 1. The molecule has 78 valence electrons. The first-order valence-corrected chi connectivity index (χ1v) is 4.61. The van der Waals surface area contributed by atoms with E-state index >= 15 is 0 Å². The number of amides is 1. The second kappa shape index (κ2) is 4.81. The summed E-state index contributed by atoms with van der Waals surface area (Å²) in [5, 5.41) is 11.4. The number of aliphatic hydroxyl groups is 1. The van der Waals surface area contributed by atoms with E-state index in [-0.39, 0.29) is 18.3 Å². The van der Waals surface area contributed by atoms with Crippen LogP contribution in [-0.4, -0.2) is 17.6 Å². The highest BCUT2D eigenvalue weighted by Gasteiger charge is 2.10. The van der Waals surface area contributed by atoms with Crippen molar-refractivity contribution in [1.29, 1.82) is 0 Å². The number of nitrogens with one attached hydrogen (secondary N) is 1. The Hall–Kier alpha value is -1.29. The van der Waals surface area contributed by atoms with Gasteiger partial charge in [0.1, 0.15) is 12.4 Å². The van der Waals surface area contributed by atoms with Crippen molar-refractivity contribution in [2.75, 3.05) is 6.54 Å². The summed E-state index contributed by atoms with van der Waals surface area (Å²) >= 11 is 0. The molecular formula is C10H15NO3. The maximum atomic E-state index is 11.4. The van der Waals surface area contributed by atoms with Crippen LogP contribution in [0.15, 0.2) is 16.5 Å². The third-order valence-corrected chi connectivity index (χ3v) is 1.71. The highest BCUT2D eigenvalue weighted by molar-refractivity contribution is 5.91. The van der Waals surface area contributed by atoms with E-state index in [1.807, 2.05) is 13.8 Å². The molecule has 1 amide bonds. The van der Waals surface area contributed by atoms with Gasteiger partial charge in [0.25, 0.3) is 5.91 Å². The number of carbonyl (C=O) groups is 1. The van der Waals surface area contributed by atoms with E-state index in [1.54, 1.807) is 12.1 Å². The lowest BCUT2D eigenvalue weighted by molar-refractivity contribution is 0.0916. The standard InChI is InChI=1S/C10H15NO3/c1-7(2)5-11-10(13)9-4-3-8(6-12)14-9/h3-4,7,12H,5-6H2,1-2H3,(H,11,13). The van der Waals surface area contributed by atoms with Gasteiger partial charge in [-0.1, -0.05) is 13.8 Å². The smallest absolute Gasteiger partial charge is 0.287 e. The normalized spacial score (nSPS) is 10.6. The summed E-state index contributed by atoms with van der Waals surface area (Å²) in [7, 11) is 0.